The van der Waals surface area contributed by atoms with Crippen molar-refractivity contribution >= 4 is 11.8 Å². The first-order valence-corrected chi connectivity index (χ1v) is 6.98. The second-order valence-electron chi connectivity index (χ2n) is 6.10. The van der Waals surface area contributed by atoms with Gasteiger partial charge in [0.15, 0.2) is 0 Å². The summed E-state index contributed by atoms with van der Waals surface area (Å²) in [6, 6.07) is 0. The lowest BCUT2D eigenvalue weighted by Gasteiger charge is -2.26. The van der Waals surface area contributed by atoms with Crippen LogP contribution in [0.3, 0.4) is 0 Å². The van der Waals surface area contributed by atoms with Crippen molar-refractivity contribution in [3.05, 3.63) is 0 Å². The van der Waals surface area contributed by atoms with Gasteiger partial charge < -0.3 is 16.4 Å². The van der Waals surface area contributed by atoms with Crippen molar-refractivity contribution in [1.82, 2.24) is 10.6 Å². The largest absolute Gasteiger partial charge is 0.355 e. The van der Waals surface area contributed by atoms with E-state index in [4.69, 9.17) is 5.73 Å². The van der Waals surface area contributed by atoms with Gasteiger partial charge in [-0.2, -0.15) is 0 Å². The van der Waals surface area contributed by atoms with Crippen LogP contribution in [-0.2, 0) is 9.59 Å². The molecule has 19 heavy (non-hydrogen) atoms. The van der Waals surface area contributed by atoms with E-state index in [1.165, 1.54) is 0 Å². The fourth-order valence-electron chi connectivity index (χ4n) is 1.42. The van der Waals surface area contributed by atoms with Crippen molar-refractivity contribution in [1.29, 1.82) is 0 Å². The number of carbonyl (C=O) groups excluding carboxylic acids is 2. The Kier molecular flexibility index (Phi) is 7.05. The van der Waals surface area contributed by atoms with Crippen LogP contribution in [0.4, 0.5) is 0 Å². The predicted molar refractivity (Wildman–Crippen MR) is 77.6 cm³/mol. The Hall–Kier alpha value is -1.10. The van der Waals surface area contributed by atoms with Crippen LogP contribution in [0.25, 0.3) is 0 Å². The van der Waals surface area contributed by atoms with Crippen LogP contribution in [0.5, 0.6) is 0 Å². The summed E-state index contributed by atoms with van der Waals surface area (Å²) in [7, 11) is 0. The normalized spacial score (nSPS) is 12.1. The van der Waals surface area contributed by atoms with E-state index in [1.807, 2.05) is 34.6 Å². The molecule has 0 unspecified atom stereocenters. The molecular weight excluding hydrogens is 242 g/mol. The Labute approximate surface area is 116 Å². The Bertz CT molecular complexity index is 304. The van der Waals surface area contributed by atoms with Gasteiger partial charge in [-0.3, -0.25) is 9.59 Å². The molecule has 5 nitrogen and oxygen atoms in total. The van der Waals surface area contributed by atoms with Crippen LogP contribution < -0.4 is 16.4 Å². The summed E-state index contributed by atoms with van der Waals surface area (Å²) in [4.78, 5) is 23.2. The molecule has 0 radical (unpaired) electrons. The molecule has 0 aromatic heterocycles. The van der Waals surface area contributed by atoms with E-state index in [2.05, 4.69) is 10.6 Å². The maximum atomic E-state index is 11.6. The number of hydrogen-bond donors (Lipinski definition) is 3. The Morgan fingerprint density at radius 2 is 1.58 bits per heavy atom. The monoisotopic (exact) mass is 271 g/mol. The van der Waals surface area contributed by atoms with Gasteiger partial charge >= 0.3 is 0 Å². The highest BCUT2D eigenvalue weighted by Gasteiger charge is 2.22. The molecule has 0 heterocycles. The Morgan fingerprint density at radius 3 is 2.00 bits per heavy atom. The molecule has 0 aromatic carbocycles. The molecule has 5 heteroatoms. The molecule has 0 saturated carbocycles. The van der Waals surface area contributed by atoms with Crippen LogP contribution in [0.2, 0.25) is 0 Å². The fourth-order valence-corrected chi connectivity index (χ4v) is 1.42. The minimum absolute atomic E-state index is 0.0458. The second-order valence-corrected chi connectivity index (χ2v) is 6.10. The summed E-state index contributed by atoms with van der Waals surface area (Å²) in [5.74, 6) is -0.124. The second kappa shape index (κ2) is 7.48. The number of carbonyl (C=O) groups is 2. The van der Waals surface area contributed by atoms with Crippen molar-refractivity contribution in [3.63, 3.8) is 0 Å². The molecule has 0 aromatic rings. The van der Waals surface area contributed by atoms with E-state index in [1.54, 1.807) is 0 Å². The van der Waals surface area contributed by atoms with Crippen LogP contribution in [-0.4, -0.2) is 30.4 Å². The quantitative estimate of drug-likeness (QED) is 0.650. The van der Waals surface area contributed by atoms with Gasteiger partial charge in [-0.25, -0.2) is 0 Å². The number of nitrogens with two attached hydrogens (primary N) is 1. The molecule has 0 rings (SSSR count). The molecule has 0 aliphatic heterocycles. The minimum atomic E-state index is -0.423. The van der Waals surface area contributed by atoms with Crippen LogP contribution in [0.15, 0.2) is 0 Å². The van der Waals surface area contributed by atoms with Crippen LogP contribution in [0.1, 0.15) is 53.9 Å². The van der Waals surface area contributed by atoms with Gasteiger partial charge in [-0.15, -0.1) is 0 Å². The van der Waals surface area contributed by atoms with E-state index in [9.17, 15) is 9.59 Å². The van der Waals surface area contributed by atoms with Gasteiger partial charge in [0.2, 0.25) is 11.8 Å². The lowest BCUT2D eigenvalue weighted by Crippen LogP contribution is -2.49. The first-order valence-electron chi connectivity index (χ1n) is 6.98. The molecule has 4 N–H and O–H groups in total. The highest BCUT2D eigenvalue weighted by molar-refractivity contribution is 5.82. The van der Waals surface area contributed by atoms with Crippen molar-refractivity contribution < 1.29 is 9.59 Å². The van der Waals surface area contributed by atoms with E-state index < -0.39 is 5.41 Å². The maximum absolute atomic E-state index is 11.6. The smallest absolute Gasteiger partial charge is 0.225 e. The number of hydrogen-bond acceptors (Lipinski definition) is 3. The van der Waals surface area contributed by atoms with Crippen molar-refractivity contribution in [3.8, 4) is 0 Å². The van der Waals surface area contributed by atoms with Crippen molar-refractivity contribution in [2.45, 2.75) is 59.4 Å². The zero-order valence-corrected chi connectivity index (χ0v) is 12.9. The molecule has 2 amide bonds. The van der Waals surface area contributed by atoms with E-state index in [0.29, 0.717) is 13.1 Å². The average Bonchev–Trinajstić information content (AvgIpc) is 2.34. The summed E-state index contributed by atoms with van der Waals surface area (Å²) >= 11 is 0. The molecule has 0 bridgehead atoms. The first kappa shape index (κ1) is 17.9. The van der Waals surface area contributed by atoms with Crippen molar-refractivity contribution in [2.75, 3.05) is 13.1 Å². The number of nitrogens with one attached hydrogen (secondary N) is 2. The standard InChI is InChI=1S/C14H29N3O2/c1-6-14(15,7-2)10-17-11(18)8-9-16-12(19)13(3,4)5/h6-10,15H2,1-5H3,(H,16,19)(H,17,18). The zero-order chi connectivity index (χ0) is 15.1. The molecule has 0 spiro atoms. The molecular formula is C14H29N3O2. The molecule has 112 valence electrons. The highest BCUT2D eigenvalue weighted by atomic mass is 16.2. The van der Waals surface area contributed by atoms with Gasteiger partial charge in [0, 0.05) is 30.5 Å². The summed E-state index contributed by atoms with van der Waals surface area (Å²) in [5.41, 5.74) is 5.34. The Balaban J connectivity index is 3.92. The van der Waals surface area contributed by atoms with E-state index in [-0.39, 0.29) is 23.8 Å². The lowest BCUT2D eigenvalue weighted by atomic mass is 9.94. The third-order valence-corrected chi connectivity index (χ3v) is 3.36. The zero-order valence-electron chi connectivity index (χ0n) is 12.9. The lowest BCUT2D eigenvalue weighted by molar-refractivity contribution is -0.128. The molecule has 0 aliphatic carbocycles. The highest BCUT2D eigenvalue weighted by Crippen LogP contribution is 2.12. The Morgan fingerprint density at radius 1 is 1.05 bits per heavy atom. The van der Waals surface area contributed by atoms with E-state index >= 15 is 0 Å². The number of rotatable bonds is 7. The van der Waals surface area contributed by atoms with Crippen LogP contribution in [0, 0.1) is 5.41 Å². The minimum Gasteiger partial charge on any atom is -0.355 e. The third-order valence-electron chi connectivity index (χ3n) is 3.36. The third kappa shape index (κ3) is 7.15. The van der Waals surface area contributed by atoms with Gasteiger partial charge in [0.1, 0.15) is 0 Å². The molecule has 0 atom stereocenters. The topological polar surface area (TPSA) is 84.2 Å². The molecule has 0 fully saturated rings. The van der Waals surface area contributed by atoms with Gasteiger partial charge in [-0.05, 0) is 12.8 Å². The predicted octanol–water partition coefficient (Wildman–Crippen LogP) is 1.17. The maximum Gasteiger partial charge on any atom is 0.225 e. The molecule has 0 aliphatic rings. The summed E-state index contributed by atoms with van der Waals surface area (Å²) in [5, 5.41) is 5.57. The SMILES string of the molecule is CCC(N)(CC)CNC(=O)CCNC(=O)C(C)(C)C. The van der Waals surface area contributed by atoms with Crippen molar-refractivity contribution in [2.24, 2.45) is 11.1 Å². The number of amides is 2. The molecule has 0 saturated heterocycles. The summed E-state index contributed by atoms with van der Waals surface area (Å²) < 4.78 is 0. The van der Waals surface area contributed by atoms with Crippen LogP contribution >= 0.6 is 0 Å². The average molecular weight is 271 g/mol. The van der Waals surface area contributed by atoms with E-state index in [0.717, 1.165) is 12.8 Å². The summed E-state index contributed by atoms with van der Waals surface area (Å²) in [6.45, 7) is 10.4. The summed E-state index contributed by atoms with van der Waals surface area (Å²) in [6.07, 6.45) is 1.93. The first-order chi connectivity index (χ1) is 8.64. The van der Waals surface area contributed by atoms with Gasteiger partial charge in [0.05, 0.1) is 0 Å². The van der Waals surface area contributed by atoms with Gasteiger partial charge in [0.25, 0.3) is 0 Å². The van der Waals surface area contributed by atoms with Gasteiger partial charge in [-0.1, -0.05) is 34.6 Å². The fraction of sp³-hybridized carbons (Fsp3) is 0.857.